The predicted molar refractivity (Wildman–Crippen MR) is 92.1 cm³/mol. The normalized spacial score (nSPS) is 10.4. The number of anilines is 1. The molecule has 0 unspecified atom stereocenters. The molecule has 1 amide bonds. The van der Waals surface area contributed by atoms with E-state index < -0.39 is 0 Å². The molecule has 0 aliphatic heterocycles. The van der Waals surface area contributed by atoms with E-state index in [1.807, 2.05) is 43.3 Å². The molecule has 0 aromatic heterocycles. The highest BCUT2D eigenvalue weighted by atomic mass is 16.5. The van der Waals surface area contributed by atoms with E-state index in [0.717, 1.165) is 29.0 Å². The minimum Gasteiger partial charge on any atom is -0.494 e. The fourth-order valence-corrected chi connectivity index (χ4v) is 2.43. The van der Waals surface area contributed by atoms with Crippen molar-refractivity contribution in [1.82, 2.24) is 0 Å². The number of hydrogen-bond donors (Lipinski definition) is 1. The Labute approximate surface area is 137 Å². The van der Waals surface area contributed by atoms with Crippen LogP contribution in [0.2, 0.25) is 0 Å². The van der Waals surface area contributed by atoms with Gasteiger partial charge in [-0.3, -0.25) is 4.79 Å². The molecular weight excluding hydrogens is 290 g/mol. The molecule has 2 aromatic carbocycles. The van der Waals surface area contributed by atoms with Crippen molar-refractivity contribution in [2.75, 3.05) is 19.0 Å². The molecule has 23 heavy (non-hydrogen) atoms. The largest absolute Gasteiger partial charge is 0.494 e. The first-order chi connectivity index (χ1) is 11.2. The van der Waals surface area contributed by atoms with E-state index in [4.69, 9.17) is 9.47 Å². The van der Waals surface area contributed by atoms with Gasteiger partial charge in [0, 0.05) is 23.9 Å². The molecule has 0 atom stereocenters. The van der Waals surface area contributed by atoms with Gasteiger partial charge in [-0.1, -0.05) is 25.1 Å². The number of carbonyl (C=O) groups excluding carboxylic acids is 1. The summed E-state index contributed by atoms with van der Waals surface area (Å²) in [6, 6.07) is 13.2. The fraction of sp³-hybridized carbons (Fsp3) is 0.316. The van der Waals surface area contributed by atoms with Crippen molar-refractivity contribution < 1.29 is 14.3 Å². The van der Waals surface area contributed by atoms with Gasteiger partial charge in [-0.2, -0.15) is 0 Å². The minimum atomic E-state index is -0.133. The van der Waals surface area contributed by atoms with E-state index in [2.05, 4.69) is 12.2 Å². The average Bonchev–Trinajstić information content (AvgIpc) is 2.57. The topological polar surface area (TPSA) is 47.6 Å². The van der Waals surface area contributed by atoms with Crippen molar-refractivity contribution in [1.29, 1.82) is 0 Å². The maximum Gasteiger partial charge on any atom is 0.255 e. The zero-order chi connectivity index (χ0) is 16.7. The van der Waals surface area contributed by atoms with Gasteiger partial charge in [-0.25, -0.2) is 0 Å². The van der Waals surface area contributed by atoms with Gasteiger partial charge in [0.15, 0.2) is 0 Å². The summed E-state index contributed by atoms with van der Waals surface area (Å²) in [5.74, 6) is 0.617. The zero-order valence-electron chi connectivity index (χ0n) is 13.9. The summed E-state index contributed by atoms with van der Waals surface area (Å²) in [6.45, 7) is 4.98. The molecule has 0 saturated heterocycles. The van der Waals surface area contributed by atoms with Gasteiger partial charge in [0.05, 0.1) is 13.2 Å². The number of para-hydroxylation sites is 1. The highest BCUT2D eigenvalue weighted by Gasteiger charge is 2.12. The number of carbonyl (C=O) groups is 1. The second-order valence-electron chi connectivity index (χ2n) is 5.15. The Morgan fingerprint density at radius 2 is 1.87 bits per heavy atom. The van der Waals surface area contributed by atoms with E-state index in [9.17, 15) is 4.79 Å². The number of aryl methyl sites for hydroxylation is 1. The number of amides is 1. The van der Waals surface area contributed by atoms with Crippen molar-refractivity contribution in [3.8, 4) is 5.75 Å². The number of rotatable bonds is 7. The summed E-state index contributed by atoms with van der Waals surface area (Å²) in [5.41, 5.74) is 3.42. The molecule has 0 radical (unpaired) electrons. The third-order valence-electron chi connectivity index (χ3n) is 3.57. The Morgan fingerprint density at radius 1 is 1.09 bits per heavy atom. The molecule has 0 saturated carbocycles. The zero-order valence-corrected chi connectivity index (χ0v) is 13.9. The van der Waals surface area contributed by atoms with E-state index in [0.29, 0.717) is 18.8 Å². The smallest absolute Gasteiger partial charge is 0.255 e. The maximum atomic E-state index is 12.5. The molecule has 2 aromatic rings. The number of ether oxygens (including phenoxy) is 2. The van der Waals surface area contributed by atoms with Crippen LogP contribution in [0, 0.1) is 0 Å². The predicted octanol–water partition coefficient (Wildman–Crippen LogP) is 4.05. The molecule has 0 aliphatic rings. The van der Waals surface area contributed by atoms with Crippen LogP contribution >= 0.6 is 0 Å². The van der Waals surface area contributed by atoms with Gasteiger partial charge in [-0.05, 0) is 43.2 Å². The van der Waals surface area contributed by atoms with Gasteiger partial charge in [0.2, 0.25) is 0 Å². The molecule has 0 bridgehead atoms. The summed E-state index contributed by atoms with van der Waals surface area (Å²) >= 11 is 0. The van der Waals surface area contributed by atoms with Crippen LogP contribution in [0.4, 0.5) is 5.69 Å². The van der Waals surface area contributed by atoms with Crippen molar-refractivity contribution >= 4 is 11.6 Å². The Kier molecular flexibility index (Phi) is 6.18. The monoisotopic (exact) mass is 313 g/mol. The van der Waals surface area contributed by atoms with Crippen LogP contribution in [0.15, 0.2) is 42.5 Å². The highest BCUT2D eigenvalue weighted by Crippen LogP contribution is 2.23. The molecule has 4 nitrogen and oxygen atoms in total. The van der Waals surface area contributed by atoms with Crippen molar-refractivity contribution in [2.45, 2.75) is 26.9 Å². The molecule has 122 valence electrons. The summed E-state index contributed by atoms with van der Waals surface area (Å²) in [5, 5.41) is 2.98. The lowest BCUT2D eigenvalue weighted by molar-refractivity contribution is 0.102. The van der Waals surface area contributed by atoms with E-state index in [1.54, 1.807) is 13.2 Å². The van der Waals surface area contributed by atoms with Crippen LogP contribution in [-0.2, 0) is 17.8 Å². The van der Waals surface area contributed by atoms with Gasteiger partial charge in [0.25, 0.3) is 5.91 Å². The first kappa shape index (κ1) is 17.0. The van der Waals surface area contributed by atoms with Crippen LogP contribution < -0.4 is 10.1 Å². The molecule has 0 spiro atoms. The lowest BCUT2D eigenvalue weighted by atomic mass is 10.1. The molecule has 1 N–H and O–H groups in total. The molecule has 0 heterocycles. The standard InChI is InChI=1S/C19H23NO3/c1-4-14-8-6-7-9-17(14)20-19(21)15-10-11-18(23-5-2)16(12-15)13-22-3/h6-12H,4-5,13H2,1-3H3,(H,20,21). The van der Waals surface area contributed by atoms with Crippen molar-refractivity contribution in [2.24, 2.45) is 0 Å². The second-order valence-corrected chi connectivity index (χ2v) is 5.15. The average molecular weight is 313 g/mol. The molecule has 0 fully saturated rings. The molecule has 2 rings (SSSR count). The third-order valence-corrected chi connectivity index (χ3v) is 3.57. The molecular formula is C19H23NO3. The maximum absolute atomic E-state index is 12.5. The van der Waals surface area contributed by atoms with E-state index in [1.165, 1.54) is 0 Å². The van der Waals surface area contributed by atoms with Crippen LogP contribution in [0.3, 0.4) is 0 Å². The summed E-state index contributed by atoms with van der Waals surface area (Å²) in [4.78, 5) is 12.5. The van der Waals surface area contributed by atoms with Gasteiger partial charge in [-0.15, -0.1) is 0 Å². The summed E-state index contributed by atoms with van der Waals surface area (Å²) in [7, 11) is 1.62. The fourth-order valence-electron chi connectivity index (χ4n) is 2.43. The van der Waals surface area contributed by atoms with Crippen molar-refractivity contribution in [3.05, 3.63) is 59.2 Å². The van der Waals surface area contributed by atoms with Gasteiger partial charge in [0.1, 0.15) is 5.75 Å². The number of hydrogen-bond acceptors (Lipinski definition) is 3. The Morgan fingerprint density at radius 3 is 2.57 bits per heavy atom. The quantitative estimate of drug-likeness (QED) is 0.839. The summed E-state index contributed by atoms with van der Waals surface area (Å²) in [6.07, 6.45) is 0.870. The third kappa shape index (κ3) is 4.33. The van der Waals surface area contributed by atoms with Crippen LogP contribution in [0.25, 0.3) is 0 Å². The second kappa shape index (κ2) is 8.34. The Hall–Kier alpha value is -2.33. The molecule has 4 heteroatoms. The van der Waals surface area contributed by atoms with Gasteiger partial charge < -0.3 is 14.8 Å². The Balaban J connectivity index is 2.23. The first-order valence-electron chi connectivity index (χ1n) is 7.83. The number of nitrogens with one attached hydrogen (secondary N) is 1. The van der Waals surface area contributed by atoms with Gasteiger partial charge >= 0.3 is 0 Å². The van der Waals surface area contributed by atoms with Crippen LogP contribution in [0.5, 0.6) is 5.75 Å². The lowest BCUT2D eigenvalue weighted by Gasteiger charge is -2.13. The lowest BCUT2D eigenvalue weighted by Crippen LogP contribution is -2.14. The summed E-state index contributed by atoms with van der Waals surface area (Å²) < 4.78 is 10.8. The van der Waals surface area contributed by atoms with Crippen LogP contribution in [0.1, 0.15) is 35.3 Å². The molecule has 0 aliphatic carbocycles. The van der Waals surface area contributed by atoms with E-state index in [-0.39, 0.29) is 5.91 Å². The Bertz CT molecular complexity index is 667. The first-order valence-corrected chi connectivity index (χ1v) is 7.83. The van der Waals surface area contributed by atoms with Crippen LogP contribution in [-0.4, -0.2) is 19.6 Å². The minimum absolute atomic E-state index is 0.133. The van der Waals surface area contributed by atoms with Crippen molar-refractivity contribution in [3.63, 3.8) is 0 Å². The number of methoxy groups -OCH3 is 1. The highest BCUT2D eigenvalue weighted by molar-refractivity contribution is 6.04. The SMILES string of the molecule is CCOc1ccc(C(=O)Nc2ccccc2CC)cc1COC. The number of benzene rings is 2. The van der Waals surface area contributed by atoms with E-state index >= 15 is 0 Å².